The quantitative estimate of drug-likeness (QED) is 0.334. The summed E-state index contributed by atoms with van der Waals surface area (Å²) in [5, 5.41) is 8.74. The number of hydrogen-bond acceptors (Lipinski definition) is 6. The van der Waals surface area contributed by atoms with Crippen LogP contribution in [0.2, 0.25) is 0 Å². The van der Waals surface area contributed by atoms with E-state index in [4.69, 9.17) is 21.0 Å². The fraction of sp³-hybridized carbons (Fsp3) is 0.194. The number of carbonyl (C=O) groups is 3. The van der Waals surface area contributed by atoms with Gasteiger partial charge in [-0.15, -0.1) is 6.42 Å². The Morgan fingerprint density at radius 1 is 0.865 bits per heavy atom. The van der Waals surface area contributed by atoms with Crippen LogP contribution in [-0.4, -0.2) is 35.2 Å². The SMILES string of the molecule is C#CC(C)(C)Oc1ccc(C=O)cc1.CC1(C)C=Cc2cc(C=O)ccc2O1.O=Cc1ccc(O)cc1. The van der Waals surface area contributed by atoms with Crippen LogP contribution in [0.25, 0.3) is 6.08 Å². The summed E-state index contributed by atoms with van der Waals surface area (Å²) in [4.78, 5) is 31.0. The minimum absolute atomic E-state index is 0.181. The molecule has 1 aliphatic heterocycles. The fourth-order valence-corrected chi connectivity index (χ4v) is 2.96. The Balaban J connectivity index is 0.000000200. The predicted molar refractivity (Wildman–Crippen MR) is 144 cm³/mol. The molecule has 0 saturated heterocycles. The van der Waals surface area contributed by atoms with E-state index >= 15 is 0 Å². The molecule has 0 atom stereocenters. The number of rotatable bonds is 5. The molecule has 0 amide bonds. The second kappa shape index (κ2) is 12.9. The molecule has 6 nitrogen and oxygen atoms in total. The summed E-state index contributed by atoms with van der Waals surface area (Å²) in [6, 6.07) is 18.3. The van der Waals surface area contributed by atoms with Crippen LogP contribution in [0.1, 0.15) is 64.3 Å². The molecule has 0 aliphatic carbocycles. The van der Waals surface area contributed by atoms with E-state index in [1.807, 2.05) is 38.1 Å². The van der Waals surface area contributed by atoms with E-state index in [1.54, 1.807) is 56.3 Å². The van der Waals surface area contributed by atoms with Crippen LogP contribution in [0.3, 0.4) is 0 Å². The number of aldehydes is 3. The third kappa shape index (κ3) is 9.50. The smallest absolute Gasteiger partial charge is 0.163 e. The molecule has 1 heterocycles. The molecule has 3 aromatic carbocycles. The fourth-order valence-electron chi connectivity index (χ4n) is 2.96. The van der Waals surface area contributed by atoms with Gasteiger partial charge in [0.1, 0.15) is 41.7 Å². The second-order valence-corrected chi connectivity index (χ2v) is 9.11. The highest BCUT2D eigenvalue weighted by molar-refractivity contribution is 5.78. The van der Waals surface area contributed by atoms with Gasteiger partial charge in [-0.05, 0) is 101 Å². The molecule has 0 radical (unpaired) electrons. The molecule has 6 heteroatoms. The molecule has 1 N–H and O–H groups in total. The predicted octanol–water partition coefficient (Wildman–Crippen LogP) is 6.18. The van der Waals surface area contributed by atoms with Gasteiger partial charge in [0.05, 0.1) is 0 Å². The van der Waals surface area contributed by atoms with Crippen molar-refractivity contribution in [2.75, 3.05) is 0 Å². The van der Waals surface area contributed by atoms with Gasteiger partial charge in [0, 0.05) is 22.3 Å². The summed E-state index contributed by atoms with van der Waals surface area (Å²) in [7, 11) is 0. The van der Waals surface area contributed by atoms with Crippen molar-refractivity contribution in [1.82, 2.24) is 0 Å². The van der Waals surface area contributed by atoms with Crippen LogP contribution < -0.4 is 9.47 Å². The average Bonchev–Trinajstić information content (AvgIpc) is 2.89. The van der Waals surface area contributed by atoms with Gasteiger partial charge in [-0.1, -0.05) is 12.0 Å². The summed E-state index contributed by atoms with van der Waals surface area (Å²) in [5.41, 5.74) is 1.97. The molecule has 1 aliphatic rings. The first-order chi connectivity index (χ1) is 17.5. The lowest BCUT2D eigenvalue weighted by atomic mass is 10.0. The summed E-state index contributed by atoms with van der Waals surface area (Å²) in [6.07, 6.45) is 11.6. The van der Waals surface area contributed by atoms with Crippen LogP contribution in [0, 0.1) is 12.3 Å². The lowest BCUT2D eigenvalue weighted by Gasteiger charge is -2.27. The average molecular weight is 499 g/mol. The van der Waals surface area contributed by atoms with Gasteiger partial charge in [0.25, 0.3) is 0 Å². The van der Waals surface area contributed by atoms with Crippen molar-refractivity contribution in [1.29, 1.82) is 0 Å². The summed E-state index contributed by atoms with van der Waals surface area (Å²) in [5.74, 6) is 4.21. The molecule has 0 spiro atoms. The largest absolute Gasteiger partial charge is 0.508 e. The van der Waals surface area contributed by atoms with Gasteiger partial charge < -0.3 is 14.6 Å². The first kappa shape index (κ1) is 28.6. The lowest BCUT2D eigenvalue weighted by molar-refractivity contribution is 0.111. The minimum Gasteiger partial charge on any atom is -0.508 e. The minimum atomic E-state index is -0.622. The summed E-state index contributed by atoms with van der Waals surface area (Å²) in [6.45, 7) is 7.61. The molecule has 4 rings (SSSR count). The molecule has 0 saturated carbocycles. The van der Waals surface area contributed by atoms with Gasteiger partial charge in [-0.2, -0.15) is 0 Å². The van der Waals surface area contributed by atoms with E-state index in [9.17, 15) is 14.4 Å². The van der Waals surface area contributed by atoms with E-state index in [2.05, 4.69) is 5.92 Å². The van der Waals surface area contributed by atoms with Crippen molar-refractivity contribution >= 4 is 24.9 Å². The zero-order chi connectivity index (χ0) is 27.5. The zero-order valence-corrected chi connectivity index (χ0v) is 21.3. The first-order valence-electron chi connectivity index (χ1n) is 11.4. The van der Waals surface area contributed by atoms with Gasteiger partial charge >= 0.3 is 0 Å². The summed E-state index contributed by atoms with van der Waals surface area (Å²) < 4.78 is 11.2. The molecule has 0 aromatic heterocycles. The zero-order valence-electron chi connectivity index (χ0n) is 21.3. The maximum Gasteiger partial charge on any atom is 0.163 e. The van der Waals surface area contributed by atoms with Crippen LogP contribution >= 0.6 is 0 Å². The summed E-state index contributed by atoms with van der Waals surface area (Å²) >= 11 is 0. The normalized spacial score (nSPS) is 12.5. The van der Waals surface area contributed by atoms with E-state index in [-0.39, 0.29) is 11.4 Å². The molecule has 3 aromatic rings. The van der Waals surface area contributed by atoms with E-state index in [1.165, 1.54) is 12.1 Å². The number of ether oxygens (including phenoxy) is 2. The molecule has 0 fully saturated rings. The van der Waals surface area contributed by atoms with Crippen LogP contribution in [0.15, 0.2) is 72.8 Å². The number of benzene rings is 3. The number of carbonyl (C=O) groups excluding carboxylic acids is 3. The van der Waals surface area contributed by atoms with E-state index < -0.39 is 5.60 Å². The van der Waals surface area contributed by atoms with Crippen molar-refractivity contribution < 1.29 is 29.0 Å². The maximum atomic E-state index is 10.6. The van der Waals surface area contributed by atoms with Crippen LogP contribution in [0.5, 0.6) is 17.2 Å². The second-order valence-electron chi connectivity index (χ2n) is 9.11. The van der Waals surface area contributed by atoms with Crippen molar-refractivity contribution in [3.63, 3.8) is 0 Å². The number of phenolic OH excluding ortho intramolecular Hbond substituents is 1. The number of fused-ring (bicyclic) bond motifs is 1. The standard InChI is InChI=1S/2C12H12O2.C7H6O2/c1-12(2)6-5-10-7-9(8-13)3-4-11(10)14-12;1-4-12(2,3)14-11-7-5-10(9-13)6-8-11;8-5-6-1-3-7(9)4-2-6/h3-8H,1-2H3;1,5-9H,2-3H3;1-5,9H. The number of aromatic hydroxyl groups is 1. The topological polar surface area (TPSA) is 89.9 Å². The van der Waals surface area contributed by atoms with Crippen molar-refractivity contribution in [2.45, 2.75) is 38.9 Å². The van der Waals surface area contributed by atoms with Crippen molar-refractivity contribution in [3.05, 3.63) is 95.1 Å². The van der Waals surface area contributed by atoms with Gasteiger partial charge in [0.2, 0.25) is 0 Å². The Morgan fingerprint density at radius 3 is 1.89 bits per heavy atom. The van der Waals surface area contributed by atoms with Crippen LogP contribution in [-0.2, 0) is 0 Å². The molecular weight excluding hydrogens is 468 g/mol. The number of hydrogen-bond donors (Lipinski definition) is 1. The first-order valence-corrected chi connectivity index (χ1v) is 11.4. The third-order valence-electron chi connectivity index (χ3n) is 4.97. The van der Waals surface area contributed by atoms with E-state index in [0.29, 0.717) is 22.4 Å². The maximum absolute atomic E-state index is 10.6. The highest BCUT2D eigenvalue weighted by Crippen LogP contribution is 2.30. The lowest BCUT2D eigenvalue weighted by Crippen LogP contribution is -2.27. The highest BCUT2D eigenvalue weighted by Gasteiger charge is 2.21. The molecule has 0 bridgehead atoms. The van der Waals surface area contributed by atoms with Crippen LogP contribution in [0.4, 0.5) is 0 Å². The highest BCUT2D eigenvalue weighted by atomic mass is 16.5. The van der Waals surface area contributed by atoms with E-state index in [0.717, 1.165) is 30.2 Å². The molecular formula is C31H30O6. The van der Waals surface area contributed by atoms with Gasteiger partial charge in [-0.25, -0.2) is 0 Å². The Kier molecular flexibility index (Phi) is 9.97. The molecule has 190 valence electrons. The van der Waals surface area contributed by atoms with Crippen molar-refractivity contribution in [2.24, 2.45) is 0 Å². The molecule has 37 heavy (non-hydrogen) atoms. The monoisotopic (exact) mass is 498 g/mol. The van der Waals surface area contributed by atoms with Gasteiger partial charge in [-0.3, -0.25) is 14.4 Å². The Morgan fingerprint density at radius 2 is 1.38 bits per heavy atom. The third-order valence-corrected chi connectivity index (χ3v) is 4.97. The van der Waals surface area contributed by atoms with Crippen molar-refractivity contribution in [3.8, 4) is 29.6 Å². The number of terminal acetylenes is 1. The van der Waals surface area contributed by atoms with Gasteiger partial charge in [0.15, 0.2) is 5.60 Å². The Hall–Kier alpha value is -4.63. The number of phenols is 1. The molecule has 0 unspecified atom stereocenters. The Bertz CT molecular complexity index is 1280. The Labute approximate surface area is 217 Å².